The van der Waals surface area contributed by atoms with E-state index in [2.05, 4.69) is 20.0 Å². The van der Waals surface area contributed by atoms with Crippen molar-refractivity contribution in [1.29, 1.82) is 5.26 Å². The molecule has 1 saturated heterocycles. The third-order valence-corrected chi connectivity index (χ3v) is 2.48. The predicted molar refractivity (Wildman–Crippen MR) is 51.5 cm³/mol. The zero-order valence-electron chi connectivity index (χ0n) is 8.67. The van der Waals surface area contributed by atoms with Gasteiger partial charge in [-0.05, 0) is 18.3 Å². The van der Waals surface area contributed by atoms with Crippen molar-refractivity contribution >= 4 is 0 Å². The van der Waals surface area contributed by atoms with Crippen LogP contribution < -0.4 is 0 Å². The van der Waals surface area contributed by atoms with Gasteiger partial charge in [0, 0.05) is 13.1 Å². The van der Waals surface area contributed by atoms with E-state index in [0.717, 1.165) is 19.0 Å². The normalized spacial score (nSPS) is 28.4. The average molecular weight is 168 g/mol. The van der Waals surface area contributed by atoms with Gasteiger partial charge in [0.05, 0.1) is 0 Å². The minimum absolute atomic E-state index is 0.688. The fourth-order valence-electron chi connectivity index (χ4n) is 1.35. The molecular weight excluding hydrogens is 148 g/mol. The maximum absolute atomic E-state index is 8.57. The lowest BCUT2D eigenvalue weighted by atomic mass is 9.89. The van der Waals surface area contributed by atoms with Crippen LogP contribution in [0.5, 0.6) is 0 Å². The van der Waals surface area contributed by atoms with Crippen LogP contribution in [0.1, 0.15) is 34.1 Å². The van der Waals surface area contributed by atoms with Crippen LogP contribution in [0.2, 0.25) is 0 Å². The van der Waals surface area contributed by atoms with Gasteiger partial charge in [0.25, 0.3) is 0 Å². The predicted octanol–water partition coefficient (Wildman–Crippen LogP) is 2.47. The molecule has 2 heteroatoms. The molecule has 1 rings (SSSR count). The van der Waals surface area contributed by atoms with E-state index in [1.165, 1.54) is 6.42 Å². The molecular formula is C10H20N2. The fraction of sp³-hybridized carbons (Fsp3) is 0.900. The lowest BCUT2D eigenvalue weighted by Crippen LogP contribution is -2.34. The molecule has 70 valence electrons. The third kappa shape index (κ3) is 3.13. The van der Waals surface area contributed by atoms with Crippen molar-refractivity contribution < 1.29 is 0 Å². The number of piperidine rings is 1. The van der Waals surface area contributed by atoms with E-state index in [9.17, 15) is 0 Å². The summed E-state index contributed by atoms with van der Waals surface area (Å²) in [4.78, 5) is 1.85. The van der Waals surface area contributed by atoms with Crippen LogP contribution in [0.25, 0.3) is 0 Å². The smallest absolute Gasteiger partial charge is 0.179 e. The summed E-state index contributed by atoms with van der Waals surface area (Å²) >= 11 is 0. The Morgan fingerprint density at radius 3 is 2.25 bits per heavy atom. The van der Waals surface area contributed by atoms with E-state index in [1.807, 2.05) is 18.7 Å². The standard InChI is InChI=1S/C8H14N2.C2H6/c1-7-3-4-10(6-9)5-8(7)2;1-2/h7-8H,3-5H2,1-2H3;1-2H3. The Morgan fingerprint density at radius 1 is 1.25 bits per heavy atom. The lowest BCUT2D eigenvalue weighted by molar-refractivity contribution is 0.193. The van der Waals surface area contributed by atoms with E-state index in [0.29, 0.717) is 5.92 Å². The summed E-state index contributed by atoms with van der Waals surface area (Å²) in [5, 5.41) is 8.57. The number of rotatable bonds is 0. The molecule has 1 fully saturated rings. The van der Waals surface area contributed by atoms with E-state index >= 15 is 0 Å². The molecule has 2 nitrogen and oxygen atoms in total. The van der Waals surface area contributed by atoms with Crippen molar-refractivity contribution in [2.75, 3.05) is 13.1 Å². The third-order valence-electron chi connectivity index (χ3n) is 2.48. The molecule has 1 aliphatic heterocycles. The lowest BCUT2D eigenvalue weighted by Gasteiger charge is -2.31. The average Bonchev–Trinajstić information content (AvgIpc) is 2.13. The van der Waals surface area contributed by atoms with Crippen molar-refractivity contribution in [2.24, 2.45) is 11.8 Å². The Labute approximate surface area is 76.2 Å². The fourth-order valence-corrected chi connectivity index (χ4v) is 1.35. The second-order valence-corrected chi connectivity index (χ2v) is 3.29. The molecule has 2 atom stereocenters. The van der Waals surface area contributed by atoms with Crippen LogP contribution >= 0.6 is 0 Å². The van der Waals surface area contributed by atoms with Gasteiger partial charge in [0.1, 0.15) is 0 Å². The number of hydrogen-bond acceptors (Lipinski definition) is 2. The van der Waals surface area contributed by atoms with E-state index in [4.69, 9.17) is 5.26 Å². The summed E-state index contributed by atoms with van der Waals surface area (Å²) in [5.74, 6) is 1.48. The number of likely N-dealkylation sites (tertiary alicyclic amines) is 1. The van der Waals surface area contributed by atoms with E-state index in [1.54, 1.807) is 0 Å². The number of hydrogen-bond donors (Lipinski definition) is 0. The Bertz CT molecular complexity index is 148. The van der Waals surface area contributed by atoms with Gasteiger partial charge in [-0.1, -0.05) is 27.7 Å². The molecule has 0 spiro atoms. The Balaban J connectivity index is 0.000000561. The summed E-state index contributed by atoms with van der Waals surface area (Å²) in [5.41, 5.74) is 0. The largest absolute Gasteiger partial charge is 0.310 e. The second kappa shape index (κ2) is 5.88. The molecule has 0 aliphatic carbocycles. The van der Waals surface area contributed by atoms with Gasteiger partial charge in [0.2, 0.25) is 0 Å². The Morgan fingerprint density at radius 2 is 1.83 bits per heavy atom. The highest BCUT2D eigenvalue weighted by molar-refractivity contribution is 4.82. The van der Waals surface area contributed by atoms with Crippen molar-refractivity contribution in [3.63, 3.8) is 0 Å². The van der Waals surface area contributed by atoms with Crippen molar-refractivity contribution in [3.05, 3.63) is 0 Å². The summed E-state index contributed by atoms with van der Waals surface area (Å²) in [6.45, 7) is 10.4. The molecule has 0 aromatic carbocycles. The van der Waals surface area contributed by atoms with Crippen LogP contribution in [0.4, 0.5) is 0 Å². The van der Waals surface area contributed by atoms with Crippen LogP contribution in [0.3, 0.4) is 0 Å². The minimum atomic E-state index is 0.688. The van der Waals surface area contributed by atoms with Crippen LogP contribution in [0.15, 0.2) is 0 Å². The van der Waals surface area contributed by atoms with Crippen molar-refractivity contribution in [1.82, 2.24) is 4.90 Å². The first kappa shape index (κ1) is 11.3. The molecule has 2 unspecified atom stereocenters. The molecule has 0 N–H and O–H groups in total. The Hall–Kier alpha value is -0.710. The molecule has 0 bridgehead atoms. The molecule has 0 aromatic heterocycles. The van der Waals surface area contributed by atoms with Gasteiger partial charge < -0.3 is 4.90 Å². The maximum atomic E-state index is 8.57. The first-order chi connectivity index (χ1) is 5.74. The molecule has 12 heavy (non-hydrogen) atoms. The molecule has 0 amide bonds. The van der Waals surface area contributed by atoms with E-state index < -0.39 is 0 Å². The quantitative estimate of drug-likeness (QED) is 0.519. The van der Waals surface area contributed by atoms with E-state index in [-0.39, 0.29) is 0 Å². The van der Waals surface area contributed by atoms with Crippen molar-refractivity contribution in [3.8, 4) is 6.19 Å². The first-order valence-electron chi connectivity index (χ1n) is 4.88. The topological polar surface area (TPSA) is 27.0 Å². The van der Waals surface area contributed by atoms with Gasteiger partial charge in [-0.15, -0.1) is 0 Å². The highest BCUT2D eigenvalue weighted by Crippen LogP contribution is 2.21. The van der Waals surface area contributed by atoms with Gasteiger partial charge >= 0.3 is 0 Å². The van der Waals surface area contributed by atoms with Crippen LogP contribution in [-0.2, 0) is 0 Å². The molecule has 1 aliphatic rings. The highest BCUT2D eigenvalue weighted by Gasteiger charge is 2.21. The first-order valence-corrected chi connectivity index (χ1v) is 4.88. The summed E-state index contributed by atoms with van der Waals surface area (Å²) in [6, 6.07) is 0. The summed E-state index contributed by atoms with van der Waals surface area (Å²) in [7, 11) is 0. The van der Waals surface area contributed by atoms with Gasteiger partial charge in [-0.25, -0.2) is 0 Å². The monoisotopic (exact) mass is 168 g/mol. The second-order valence-electron chi connectivity index (χ2n) is 3.29. The zero-order valence-corrected chi connectivity index (χ0v) is 8.67. The zero-order chi connectivity index (χ0) is 9.56. The number of nitriles is 1. The molecule has 0 aromatic rings. The summed E-state index contributed by atoms with van der Waals surface area (Å²) < 4.78 is 0. The van der Waals surface area contributed by atoms with Gasteiger partial charge in [-0.3, -0.25) is 0 Å². The van der Waals surface area contributed by atoms with Crippen LogP contribution in [0, 0.1) is 23.3 Å². The highest BCUT2D eigenvalue weighted by atomic mass is 15.1. The number of nitrogens with zero attached hydrogens (tertiary/aromatic N) is 2. The summed E-state index contributed by atoms with van der Waals surface area (Å²) in [6.07, 6.45) is 3.36. The van der Waals surface area contributed by atoms with Crippen molar-refractivity contribution in [2.45, 2.75) is 34.1 Å². The maximum Gasteiger partial charge on any atom is 0.179 e. The minimum Gasteiger partial charge on any atom is -0.310 e. The molecule has 0 saturated carbocycles. The Kier molecular flexibility index (Phi) is 5.53. The van der Waals surface area contributed by atoms with Gasteiger partial charge in [-0.2, -0.15) is 5.26 Å². The molecule has 0 radical (unpaired) electrons. The van der Waals surface area contributed by atoms with Crippen LogP contribution in [-0.4, -0.2) is 18.0 Å². The molecule has 1 heterocycles. The van der Waals surface area contributed by atoms with Gasteiger partial charge in [0.15, 0.2) is 6.19 Å². The SMILES string of the molecule is CC.CC1CCN(C#N)CC1C.